The van der Waals surface area contributed by atoms with Gasteiger partial charge in [-0.25, -0.2) is 0 Å². The van der Waals surface area contributed by atoms with Crippen LogP contribution in [-0.2, 0) is 6.42 Å². The molecule has 0 saturated heterocycles. The Balaban J connectivity index is 2.15. The zero-order valence-electron chi connectivity index (χ0n) is 8.03. The lowest BCUT2D eigenvalue weighted by Crippen LogP contribution is -2.03. The van der Waals surface area contributed by atoms with Crippen molar-refractivity contribution in [1.82, 2.24) is 0 Å². The van der Waals surface area contributed by atoms with Crippen molar-refractivity contribution in [3.8, 4) is 11.5 Å². The second kappa shape index (κ2) is 3.38. The van der Waals surface area contributed by atoms with Crippen molar-refractivity contribution in [2.24, 2.45) is 0 Å². The average molecular weight is 261 g/mol. The molecule has 3 rings (SSSR count). The second-order valence-electron chi connectivity index (χ2n) is 3.60. The van der Waals surface area contributed by atoms with Crippen LogP contribution in [0, 0.1) is 0 Å². The van der Waals surface area contributed by atoms with Gasteiger partial charge in [0.25, 0.3) is 0 Å². The van der Waals surface area contributed by atoms with Crippen molar-refractivity contribution < 1.29 is 4.74 Å². The number of ether oxygens (including phenoxy) is 1. The van der Waals surface area contributed by atoms with Gasteiger partial charge in [-0.2, -0.15) is 0 Å². The fourth-order valence-electron chi connectivity index (χ4n) is 1.86. The molecule has 2 aromatic carbocycles. The number of hydrogen-bond acceptors (Lipinski definition) is 1. The molecule has 0 aromatic heterocycles. The molecule has 0 aliphatic carbocycles. The molecule has 0 bridgehead atoms. The molecule has 0 saturated carbocycles. The highest BCUT2D eigenvalue weighted by Gasteiger charge is 2.17. The highest BCUT2D eigenvalue weighted by molar-refractivity contribution is 9.10. The lowest BCUT2D eigenvalue weighted by atomic mass is 10.0. The van der Waals surface area contributed by atoms with Gasteiger partial charge in [-0.1, -0.05) is 40.2 Å². The summed E-state index contributed by atoms with van der Waals surface area (Å²) in [6.45, 7) is 0. The van der Waals surface area contributed by atoms with Gasteiger partial charge in [0, 0.05) is 16.5 Å². The Hall–Kier alpha value is -1.28. The summed E-state index contributed by atoms with van der Waals surface area (Å²) in [7, 11) is 0. The Morgan fingerprint density at radius 2 is 1.73 bits per heavy atom. The second-order valence-corrected chi connectivity index (χ2v) is 4.46. The third-order valence-corrected chi connectivity index (χ3v) is 3.38. The summed E-state index contributed by atoms with van der Waals surface area (Å²) in [5.41, 5.74) is 2.48. The molecule has 1 nitrogen and oxygen atoms in total. The van der Waals surface area contributed by atoms with Crippen LogP contribution in [-0.4, -0.2) is 0 Å². The molecule has 0 N–H and O–H groups in total. The average Bonchev–Trinajstić information content (AvgIpc) is 2.27. The quantitative estimate of drug-likeness (QED) is 0.590. The van der Waals surface area contributed by atoms with Crippen LogP contribution in [0.15, 0.2) is 46.9 Å². The van der Waals surface area contributed by atoms with Gasteiger partial charge in [-0.3, -0.25) is 0 Å². The van der Waals surface area contributed by atoms with Crippen molar-refractivity contribution in [3.05, 3.63) is 58.1 Å². The predicted molar refractivity (Wildman–Crippen MR) is 63.5 cm³/mol. The van der Waals surface area contributed by atoms with Gasteiger partial charge in [0.15, 0.2) is 0 Å². The van der Waals surface area contributed by atoms with Gasteiger partial charge in [0.05, 0.1) is 0 Å². The number of para-hydroxylation sites is 1. The summed E-state index contributed by atoms with van der Waals surface area (Å²) in [4.78, 5) is 0. The summed E-state index contributed by atoms with van der Waals surface area (Å²) in [5, 5.41) is 0. The summed E-state index contributed by atoms with van der Waals surface area (Å²) in [5.74, 6) is 1.94. The van der Waals surface area contributed by atoms with Crippen molar-refractivity contribution in [2.45, 2.75) is 6.42 Å². The van der Waals surface area contributed by atoms with Crippen LogP contribution in [0.4, 0.5) is 0 Å². The molecule has 1 aliphatic heterocycles. The first kappa shape index (κ1) is 8.98. The van der Waals surface area contributed by atoms with Crippen molar-refractivity contribution >= 4 is 15.9 Å². The van der Waals surface area contributed by atoms with E-state index >= 15 is 0 Å². The molecule has 0 fully saturated rings. The normalized spacial score (nSPS) is 12.6. The molecule has 1 aliphatic rings. The number of benzene rings is 2. The lowest BCUT2D eigenvalue weighted by molar-refractivity contribution is 0.459. The Labute approximate surface area is 96.8 Å². The van der Waals surface area contributed by atoms with Crippen molar-refractivity contribution in [2.75, 3.05) is 0 Å². The minimum absolute atomic E-state index is 0.937. The first-order valence-electron chi connectivity index (χ1n) is 4.88. The highest BCUT2D eigenvalue weighted by atomic mass is 79.9. The van der Waals surface area contributed by atoms with Crippen molar-refractivity contribution in [1.29, 1.82) is 0 Å². The van der Waals surface area contributed by atoms with E-state index in [4.69, 9.17) is 4.74 Å². The van der Waals surface area contributed by atoms with E-state index in [1.54, 1.807) is 0 Å². The highest BCUT2D eigenvalue weighted by Crippen LogP contribution is 2.39. The minimum atomic E-state index is 0.937. The minimum Gasteiger partial charge on any atom is -0.457 e. The first-order valence-corrected chi connectivity index (χ1v) is 5.67. The molecule has 2 aromatic rings. The van der Waals surface area contributed by atoms with Crippen LogP contribution in [0.2, 0.25) is 0 Å². The maximum atomic E-state index is 5.83. The molecule has 2 heteroatoms. The zero-order chi connectivity index (χ0) is 10.3. The van der Waals surface area contributed by atoms with E-state index in [1.165, 1.54) is 11.1 Å². The maximum absolute atomic E-state index is 5.83. The molecule has 74 valence electrons. The number of halogens is 1. The van der Waals surface area contributed by atoms with Crippen LogP contribution in [0.3, 0.4) is 0 Å². The fourth-order valence-corrected chi connectivity index (χ4v) is 2.35. The first-order chi connectivity index (χ1) is 7.34. The van der Waals surface area contributed by atoms with E-state index in [1.807, 2.05) is 30.3 Å². The van der Waals surface area contributed by atoms with Crippen LogP contribution < -0.4 is 4.74 Å². The molecule has 0 atom stereocenters. The number of hydrogen-bond donors (Lipinski definition) is 0. The summed E-state index contributed by atoms with van der Waals surface area (Å²) < 4.78 is 6.95. The smallest absolute Gasteiger partial charge is 0.132 e. The number of rotatable bonds is 0. The molecule has 1 heterocycles. The van der Waals surface area contributed by atoms with Crippen molar-refractivity contribution in [3.63, 3.8) is 0 Å². The Bertz CT molecular complexity index is 520. The molecule has 0 radical (unpaired) electrons. The van der Waals surface area contributed by atoms with E-state index in [-0.39, 0.29) is 0 Å². The topological polar surface area (TPSA) is 9.23 Å². The van der Waals surface area contributed by atoms with Gasteiger partial charge in [0.2, 0.25) is 0 Å². The SMILES string of the molecule is Brc1cccc2c1Cc1ccccc1O2. The Kier molecular flexibility index (Phi) is 2.03. The fraction of sp³-hybridized carbons (Fsp3) is 0.0769. The zero-order valence-corrected chi connectivity index (χ0v) is 9.62. The van der Waals surface area contributed by atoms with Crippen LogP contribution in [0.5, 0.6) is 11.5 Å². The third-order valence-electron chi connectivity index (χ3n) is 2.64. The van der Waals surface area contributed by atoms with Crippen LogP contribution in [0.1, 0.15) is 11.1 Å². The summed E-state index contributed by atoms with van der Waals surface area (Å²) >= 11 is 3.55. The lowest BCUT2D eigenvalue weighted by Gasteiger charge is -2.20. The van der Waals surface area contributed by atoms with Gasteiger partial charge >= 0.3 is 0 Å². The van der Waals surface area contributed by atoms with E-state index in [9.17, 15) is 0 Å². The predicted octanol–water partition coefficient (Wildman–Crippen LogP) is 4.15. The molecular formula is C13H9BrO. The Morgan fingerprint density at radius 3 is 2.67 bits per heavy atom. The van der Waals surface area contributed by atoms with Crippen LogP contribution >= 0.6 is 15.9 Å². The standard InChI is InChI=1S/C13H9BrO/c14-11-5-3-7-13-10(11)8-9-4-1-2-6-12(9)15-13/h1-7H,8H2. The molecule has 0 spiro atoms. The molecular weight excluding hydrogens is 252 g/mol. The van der Waals surface area contributed by atoms with E-state index in [0.29, 0.717) is 0 Å². The molecule has 0 amide bonds. The monoisotopic (exact) mass is 260 g/mol. The summed E-state index contributed by atoms with van der Waals surface area (Å²) in [6, 6.07) is 14.2. The largest absolute Gasteiger partial charge is 0.457 e. The van der Waals surface area contributed by atoms with Gasteiger partial charge in [-0.15, -0.1) is 0 Å². The van der Waals surface area contributed by atoms with Gasteiger partial charge < -0.3 is 4.74 Å². The molecule has 15 heavy (non-hydrogen) atoms. The van der Waals surface area contributed by atoms with E-state index in [0.717, 1.165) is 22.4 Å². The van der Waals surface area contributed by atoms with Gasteiger partial charge in [-0.05, 0) is 23.8 Å². The maximum Gasteiger partial charge on any atom is 0.132 e. The van der Waals surface area contributed by atoms with Crippen LogP contribution in [0.25, 0.3) is 0 Å². The summed E-state index contributed by atoms with van der Waals surface area (Å²) in [6.07, 6.45) is 0.937. The van der Waals surface area contributed by atoms with E-state index < -0.39 is 0 Å². The third kappa shape index (κ3) is 1.45. The Morgan fingerprint density at radius 1 is 0.933 bits per heavy atom. The van der Waals surface area contributed by atoms with Gasteiger partial charge in [0.1, 0.15) is 11.5 Å². The molecule has 0 unspecified atom stereocenters. The van der Waals surface area contributed by atoms with E-state index in [2.05, 4.69) is 28.1 Å². The number of fused-ring (bicyclic) bond motifs is 2.